The van der Waals surface area contributed by atoms with Crippen molar-refractivity contribution in [2.24, 2.45) is 0 Å². The third kappa shape index (κ3) is 3.55. The van der Waals surface area contributed by atoms with E-state index in [0.717, 1.165) is 12.0 Å². The van der Waals surface area contributed by atoms with E-state index in [9.17, 15) is 10.2 Å². The van der Waals surface area contributed by atoms with Crippen LogP contribution in [0.4, 0.5) is 0 Å². The molecule has 0 aliphatic rings. The van der Waals surface area contributed by atoms with Crippen LogP contribution in [-0.2, 0) is 10.2 Å². The van der Waals surface area contributed by atoms with Crippen LogP contribution in [0.5, 0.6) is 0 Å². The molecule has 1 aromatic carbocycles. The number of aliphatic hydroxyl groups is 2. The first kappa shape index (κ1) is 15.2. The molecule has 3 heteroatoms. The van der Waals surface area contributed by atoms with E-state index >= 15 is 0 Å². The number of aliphatic hydroxyl groups excluding tert-OH is 2. The van der Waals surface area contributed by atoms with E-state index in [1.54, 1.807) is 7.11 Å². The highest BCUT2D eigenvalue weighted by Gasteiger charge is 2.33. The Morgan fingerprint density at radius 2 is 1.56 bits per heavy atom. The second-order valence-electron chi connectivity index (χ2n) is 5.43. The maximum atomic E-state index is 9.70. The Morgan fingerprint density at radius 3 is 2.00 bits per heavy atom. The van der Waals surface area contributed by atoms with Gasteiger partial charge in [0.2, 0.25) is 0 Å². The van der Waals surface area contributed by atoms with Gasteiger partial charge < -0.3 is 14.9 Å². The van der Waals surface area contributed by atoms with Crippen molar-refractivity contribution < 1.29 is 14.9 Å². The average molecular weight is 252 g/mol. The monoisotopic (exact) mass is 252 g/mol. The maximum absolute atomic E-state index is 9.70. The molecule has 2 N–H and O–H groups in total. The first-order chi connectivity index (χ1) is 8.49. The molecular formula is C15H24O3. The Morgan fingerprint density at radius 1 is 1.00 bits per heavy atom. The van der Waals surface area contributed by atoms with Crippen molar-refractivity contribution in [3.8, 4) is 0 Å². The van der Waals surface area contributed by atoms with E-state index in [-0.39, 0.29) is 18.8 Å². The minimum absolute atomic E-state index is 0.0622. The summed E-state index contributed by atoms with van der Waals surface area (Å²) in [6, 6.07) is 9.69. The number of ether oxygens (including phenoxy) is 1. The van der Waals surface area contributed by atoms with Gasteiger partial charge in [-0.15, -0.1) is 0 Å². The standard InChI is InChI=1S/C15H24O3/c1-14(2,18-3)9-10-15(11-16,12-17)13-7-5-4-6-8-13/h4-8,16-17H,9-12H2,1-3H3. The Hall–Kier alpha value is -0.900. The topological polar surface area (TPSA) is 49.7 Å². The SMILES string of the molecule is COC(C)(C)CCC(CO)(CO)c1ccccc1. The molecule has 102 valence electrons. The summed E-state index contributed by atoms with van der Waals surface area (Å²) in [5.74, 6) is 0. The number of rotatable bonds is 7. The van der Waals surface area contributed by atoms with Crippen LogP contribution in [0.3, 0.4) is 0 Å². The second kappa shape index (κ2) is 6.32. The molecule has 0 radical (unpaired) electrons. The molecule has 0 saturated carbocycles. The fourth-order valence-corrected chi connectivity index (χ4v) is 1.97. The predicted molar refractivity (Wildman–Crippen MR) is 72.6 cm³/mol. The Balaban J connectivity index is 2.88. The molecule has 0 amide bonds. The van der Waals surface area contributed by atoms with Gasteiger partial charge in [-0.2, -0.15) is 0 Å². The van der Waals surface area contributed by atoms with Crippen LogP contribution in [0.2, 0.25) is 0 Å². The van der Waals surface area contributed by atoms with Gasteiger partial charge in [-0.25, -0.2) is 0 Å². The summed E-state index contributed by atoms with van der Waals surface area (Å²) in [6.45, 7) is 3.90. The van der Waals surface area contributed by atoms with E-state index in [2.05, 4.69) is 0 Å². The normalized spacial score (nSPS) is 12.7. The van der Waals surface area contributed by atoms with Gasteiger partial charge in [0.05, 0.1) is 18.8 Å². The van der Waals surface area contributed by atoms with Gasteiger partial charge in [0.15, 0.2) is 0 Å². The molecule has 0 spiro atoms. The molecular weight excluding hydrogens is 228 g/mol. The molecule has 0 aliphatic carbocycles. The third-order valence-corrected chi connectivity index (χ3v) is 3.75. The van der Waals surface area contributed by atoms with Crippen molar-refractivity contribution in [1.82, 2.24) is 0 Å². The lowest BCUT2D eigenvalue weighted by Gasteiger charge is -2.34. The van der Waals surface area contributed by atoms with Crippen molar-refractivity contribution >= 4 is 0 Å². The van der Waals surface area contributed by atoms with Crippen LogP contribution < -0.4 is 0 Å². The number of hydrogen-bond donors (Lipinski definition) is 2. The van der Waals surface area contributed by atoms with Gasteiger partial charge in [0, 0.05) is 12.5 Å². The minimum Gasteiger partial charge on any atom is -0.395 e. The highest BCUT2D eigenvalue weighted by Crippen LogP contribution is 2.31. The van der Waals surface area contributed by atoms with Crippen LogP contribution in [0, 0.1) is 0 Å². The van der Waals surface area contributed by atoms with E-state index in [4.69, 9.17) is 4.74 Å². The maximum Gasteiger partial charge on any atom is 0.0623 e. The summed E-state index contributed by atoms with van der Waals surface area (Å²) in [5, 5.41) is 19.4. The summed E-state index contributed by atoms with van der Waals surface area (Å²) in [7, 11) is 1.68. The lowest BCUT2D eigenvalue weighted by atomic mass is 9.76. The third-order valence-electron chi connectivity index (χ3n) is 3.75. The molecule has 3 nitrogen and oxygen atoms in total. The van der Waals surface area contributed by atoms with Gasteiger partial charge >= 0.3 is 0 Å². The number of methoxy groups -OCH3 is 1. The fourth-order valence-electron chi connectivity index (χ4n) is 1.97. The second-order valence-corrected chi connectivity index (χ2v) is 5.43. The molecule has 0 fully saturated rings. The number of benzene rings is 1. The smallest absolute Gasteiger partial charge is 0.0623 e. The molecule has 0 bridgehead atoms. The molecule has 0 saturated heterocycles. The molecule has 1 rings (SSSR count). The van der Waals surface area contributed by atoms with E-state index < -0.39 is 5.41 Å². The number of hydrogen-bond acceptors (Lipinski definition) is 3. The highest BCUT2D eigenvalue weighted by molar-refractivity contribution is 5.25. The van der Waals surface area contributed by atoms with Crippen molar-refractivity contribution in [2.75, 3.05) is 20.3 Å². The van der Waals surface area contributed by atoms with E-state index in [1.165, 1.54) is 0 Å². The van der Waals surface area contributed by atoms with Crippen LogP contribution >= 0.6 is 0 Å². The first-order valence-electron chi connectivity index (χ1n) is 6.32. The summed E-state index contributed by atoms with van der Waals surface area (Å²) in [5.41, 5.74) is 0.142. The van der Waals surface area contributed by atoms with Crippen molar-refractivity contribution in [3.63, 3.8) is 0 Å². The van der Waals surface area contributed by atoms with E-state index in [1.807, 2.05) is 44.2 Å². The Labute approximate surface area is 109 Å². The largest absolute Gasteiger partial charge is 0.395 e. The first-order valence-corrected chi connectivity index (χ1v) is 6.32. The lowest BCUT2D eigenvalue weighted by Crippen LogP contribution is -2.37. The Kier molecular flexibility index (Phi) is 5.32. The Bertz CT molecular complexity index is 342. The zero-order valence-corrected chi connectivity index (χ0v) is 11.5. The molecule has 0 aromatic heterocycles. The molecule has 0 unspecified atom stereocenters. The van der Waals surface area contributed by atoms with Crippen LogP contribution in [0.1, 0.15) is 32.3 Å². The fraction of sp³-hybridized carbons (Fsp3) is 0.600. The molecule has 18 heavy (non-hydrogen) atoms. The molecule has 0 aliphatic heterocycles. The van der Waals surface area contributed by atoms with Crippen LogP contribution in [-0.4, -0.2) is 36.1 Å². The summed E-state index contributed by atoms with van der Waals surface area (Å²) in [6.07, 6.45) is 1.46. The summed E-state index contributed by atoms with van der Waals surface area (Å²) < 4.78 is 5.39. The van der Waals surface area contributed by atoms with Gasteiger partial charge in [-0.3, -0.25) is 0 Å². The zero-order chi connectivity index (χ0) is 13.6. The average Bonchev–Trinajstić information content (AvgIpc) is 2.42. The zero-order valence-electron chi connectivity index (χ0n) is 11.5. The molecule has 0 heterocycles. The molecule has 1 aromatic rings. The predicted octanol–water partition coefficient (Wildman–Crippen LogP) is 2.11. The summed E-state index contributed by atoms with van der Waals surface area (Å²) >= 11 is 0. The van der Waals surface area contributed by atoms with Gasteiger partial charge in [-0.05, 0) is 32.3 Å². The van der Waals surface area contributed by atoms with E-state index in [0.29, 0.717) is 6.42 Å². The van der Waals surface area contributed by atoms with Gasteiger partial charge in [0.25, 0.3) is 0 Å². The summed E-state index contributed by atoms with van der Waals surface area (Å²) in [4.78, 5) is 0. The van der Waals surface area contributed by atoms with Crippen molar-refractivity contribution in [2.45, 2.75) is 37.7 Å². The quantitative estimate of drug-likeness (QED) is 0.781. The van der Waals surface area contributed by atoms with Crippen molar-refractivity contribution in [1.29, 1.82) is 0 Å². The van der Waals surface area contributed by atoms with Crippen molar-refractivity contribution in [3.05, 3.63) is 35.9 Å². The van der Waals surface area contributed by atoms with Gasteiger partial charge in [-0.1, -0.05) is 30.3 Å². The highest BCUT2D eigenvalue weighted by atomic mass is 16.5. The van der Waals surface area contributed by atoms with Crippen LogP contribution in [0.15, 0.2) is 30.3 Å². The minimum atomic E-state index is -0.586. The van der Waals surface area contributed by atoms with Gasteiger partial charge in [0.1, 0.15) is 0 Å². The molecule has 0 atom stereocenters. The van der Waals surface area contributed by atoms with Crippen LogP contribution in [0.25, 0.3) is 0 Å². The lowest BCUT2D eigenvalue weighted by molar-refractivity contribution is 0.000227.